The van der Waals surface area contributed by atoms with Crippen LogP contribution in [-0.2, 0) is 43.3 Å². The second-order valence-electron chi connectivity index (χ2n) is 14.6. The summed E-state index contributed by atoms with van der Waals surface area (Å²) in [5.74, 6) is 1.11. The maximum Gasteiger partial charge on any atom is 0.307 e. The zero-order valence-corrected chi connectivity index (χ0v) is 26.3. The molecule has 0 bridgehead atoms. The first kappa shape index (κ1) is 27.5. The van der Waals surface area contributed by atoms with Gasteiger partial charge in [-0.05, 0) is 113 Å². The highest BCUT2D eigenvalue weighted by atomic mass is 28.3. The molecule has 6 atom stereocenters. The molecule has 210 valence electrons. The number of rotatable bonds is 4. The smallest absolute Gasteiger partial charge is 0.307 e. The highest BCUT2D eigenvalue weighted by molar-refractivity contribution is 6.77. The number of hydrogen-bond acceptors (Lipinski definition) is 1. The molecule has 3 aromatic rings. The van der Waals surface area contributed by atoms with Gasteiger partial charge in [0.2, 0.25) is 0 Å². The quantitative estimate of drug-likeness (QED) is 0.331. The number of carbonyl (C=O) groups is 1. The molecule has 0 saturated carbocycles. The van der Waals surface area contributed by atoms with E-state index in [4.69, 9.17) is 0 Å². The summed E-state index contributed by atoms with van der Waals surface area (Å²) in [6.07, 6.45) is 6.09. The molecule has 3 aliphatic rings. The van der Waals surface area contributed by atoms with E-state index in [9.17, 15) is 9.90 Å². The lowest BCUT2D eigenvalue weighted by Crippen LogP contribution is -2.37. The topological polar surface area (TPSA) is 37.3 Å². The van der Waals surface area contributed by atoms with Gasteiger partial charge in [0.25, 0.3) is 0 Å². The van der Waals surface area contributed by atoms with E-state index < -0.39 is 14.0 Å². The summed E-state index contributed by atoms with van der Waals surface area (Å²) >= 11 is 0. The zero-order valence-electron chi connectivity index (χ0n) is 25.3. The zero-order chi connectivity index (χ0) is 28.3. The van der Waals surface area contributed by atoms with Crippen LogP contribution in [0.25, 0.3) is 0 Å². The van der Waals surface area contributed by atoms with Crippen LogP contribution in [-0.4, -0.2) is 19.1 Å². The molecular weight excluding hydrogens is 504 g/mol. The summed E-state index contributed by atoms with van der Waals surface area (Å²) in [7, 11) is -1.47. The molecule has 2 nitrogen and oxygen atoms in total. The van der Waals surface area contributed by atoms with E-state index in [1.54, 1.807) is 16.7 Å². The van der Waals surface area contributed by atoms with Crippen LogP contribution in [0.15, 0.2) is 54.6 Å². The Hall–Kier alpha value is -2.65. The number of carboxylic acid groups (broad SMARTS) is 1. The normalized spacial score (nSPS) is 27.9. The Bertz CT molecular complexity index is 1450. The molecule has 0 fully saturated rings. The van der Waals surface area contributed by atoms with Crippen LogP contribution in [0.3, 0.4) is 0 Å². The van der Waals surface area contributed by atoms with Gasteiger partial charge in [-0.25, -0.2) is 0 Å². The van der Waals surface area contributed by atoms with Crippen LogP contribution >= 0.6 is 0 Å². The van der Waals surface area contributed by atoms with Crippen LogP contribution < -0.4 is 0 Å². The van der Waals surface area contributed by atoms with Gasteiger partial charge in [-0.2, -0.15) is 0 Å². The highest BCUT2D eigenvalue weighted by Gasteiger charge is 2.40. The third-order valence-corrected chi connectivity index (χ3v) is 13.7. The summed E-state index contributed by atoms with van der Waals surface area (Å²) in [6, 6.07) is 21.1. The highest BCUT2D eigenvalue weighted by Crippen LogP contribution is 2.48. The Labute approximate surface area is 242 Å². The summed E-state index contributed by atoms with van der Waals surface area (Å²) in [6.45, 7) is 14.5. The van der Waals surface area contributed by atoms with Crippen LogP contribution in [0.2, 0.25) is 25.2 Å². The van der Waals surface area contributed by atoms with Crippen molar-refractivity contribution < 1.29 is 9.90 Å². The molecule has 0 spiro atoms. The van der Waals surface area contributed by atoms with Crippen LogP contribution in [0.4, 0.5) is 0 Å². The number of benzene rings is 3. The number of aryl methyl sites for hydroxylation is 1. The van der Waals surface area contributed by atoms with Gasteiger partial charge in [-0.1, -0.05) is 93.6 Å². The van der Waals surface area contributed by atoms with Crippen molar-refractivity contribution in [1.29, 1.82) is 0 Å². The van der Waals surface area contributed by atoms with Crippen molar-refractivity contribution in [1.82, 2.24) is 0 Å². The molecule has 3 heteroatoms. The van der Waals surface area contributed by atoms with Crippen molar-refractivity contribution in [3.63, 3.8) is 0 Å². The van der Waals surface area contributed by atoms with Crippen molar-refractivity contribution in [2.24, 2.45) is 17.8 Å². The molecule has 3 aliphatic carbocycles. The van der Waals surface area contributed by atoms with Gasteiger partial charge < -0.3 is 5.11 Å². The van der Waals surface area contributed by atoms with E-state index in [0.717, 1.165) is 31.1 Å². The largest absolute Gasteiger partial charge is 0.481 e. The predicted octanol–water partition coefficient (Wildman–Crippen LogP) is 8.54. The molecule has 0 radical (unpaired) electrons. The van der Waals surface area contributed by atoms with Gasteiger partial charge in [0.15, 0.2) is 0 Å². The summed E-state index contributed by atoms with van der Waals surface area (Å²) < 4.78 is 0. The number of hydrogen-bond donors (Lipinski definition) is 1. The van der Waals surface area contributed by atoms with Crippen LogP contribution in [0, 0.1) is 24.7 Å². The van der Waals surface area contributed by atoms with Crippen molar-refractivity contribution in [2.45, 2.75) is 96.3 Å². The average Bonchev–Trinajstić information content (AvgIpc) is 2.91. The first-order valence-corrected chi connectivity index (χ1v) is 19.1. The Morgan fingerprint density at radius 1 is 0.650 bits per heavy atom. The van der Waals surface area contributed by atoms with Gasteiger partial charge in [0.1, 0.15) is 0 Å². The predicted molar refractivity (Wildman–Crippen MR) is 168 cm³/mol. The maximum atomic E-state index is 12.5. The Balaban J connectivity index is 1.33. The lowest BCUT2D eigenvalue weighted by atomic mass is 9.71. The van der Waals surface area contributed by atoms with Crippen molar-refractivity contribution >= 4 is 14.0 Å². The lowest BCUT2D eigenvalue weighted by Gasteiger charge is -2.41. The van der Waals surface area contributed by atoms with Gasteiger partial charge >= 0.3 is 5.97 Å². The van der Waals surface area contributed by atoms with Gasteiger partial charge in [0.05, 0.1) is 5.92 Å². The van der Waals surface area contributed by atoms with Crippen LogP contribution in [0.1, 0.15) is 75.8 Å². The standard InChI is InChI=1S/C37H46O2Si/c1-22-7-8-26-18-33(35(37(38)39)20-30(26)13-22)28-11-10-27-19-34(36(40(4,5)6)21-32(27)16-28)29-12-9-25-14-23(2)24(3)15-31(25)17-29/h7-13,16-17,23-24,33-36H,14-15,18-21H2,1-6H3,(H,38,39). The molecule has 6 rings (SSSR count). The van der Waals surface area contributed by atoms with E-state index in [0.29, 0.717) is 17.9 Å². The molecule has 40 heavy (non-hydrogen) atoms. The third-order valence-electron chi connectivity index (χ3n) is 10.9. The van der Waals surface area contributed by atoms with E-state index in [2.05, 4.69) is 95.0 Å². The molecular formula is C37H46O2Si. The van der Waals surface area contributed by atoms with Gasteiger partial charge in [-0.15, -0.1) is 0 Å². The van der Waals surface area contributed by atoms with E-state index in [1.807, 2.05) is 0 Å². The number of carboxylic acids is 1. The number of aliphatic carboxylic acids is 1. The summed E-state index contributed by atoms with van der Waals surface area (Å²) in [4.78, 5) is 12.5. The first-order chi connectivity index (χ1) is 19.0. The van der Waals surface area contributed by atoms with E-state index >= 15 is 0 Å². The molecule has 0 aromatic heterocycles. The summed E-state index contributed by atoms with van der Waals surface area (Å²) in [5, 5.41) is 10.2. The van der Waals surface area contributed by atoms with Crippen molar-refractivity contribution in [3.05, 3.63) is 105 Å². The molecule has 1 N–H and O–H groups in total. The maximum absolute atomic E-state index is 12.5. The SMILES string of the molecule is Cc1ccc2c(c1)CC(C(=O)O)C(c1ccc3c(c1)CC([Si](C)(C)C)C(c1ccc4c(c1)CC(C)C(C)C4)C3)C2. The first-order valence-electron chi connectivity index (χ1n) is 15.5. The molecule has 0 aliphatic heterocycles. The molecule has 0 heterocycles. The Morgan fingerprint density at radius 3 is 1.77 bits per heavy atom. The monoisotopic (exact) mass is 550 g/mol. The van der Waals surface area contributed by atoms with Crippen LogP contribution in [0.5, 0.6) is 0 Å². The molecule has 0 saturated heterocycles. The van der Waals surface area contributed by atoms with E-state index in [1.165, 1.54) is 46.2 Å². The third kappa shape index (κ3) is 5.11. The summed E-state index contributed by atoms with van der Waals surface area (Å²) in [5.41, 5.74) is 13.3. The minimum atomic E-state index is -1.47. The Kier molecular flexibility index (Phi) is 7.10. The Morgan fingerprint density at radius 2 is 1.15 bits per heavy atom. The average molecular weight is 551 g/mol. The second kappa shape index (κ2) is 10.3. The van der Waals surface area contributed by atoms with Gasteiger partial charge in [-0.3, -0.25) is 4.79 Å². The fourth-order valence-electron chi connectivity index (χ4n) is 8.16. The minimum absolute atomic E-state index is 0.0334. The molecule has 0 amide bonds. The number of fused-ring (bicyclic) bond motifs is 3. The molecule has 3 aromatic carbocycles. The lowest BCUT2D eigenvalue weighted by molar-refractivity contribution is -0.142. The van der Waals surface area contributed by atoms with Crippen molar-refractivity contribution in [3.8, 4) is 0 Å². The fraction of sp³-hybridized carbons (Fsp3) is 0.486. The van der Waals surface area contributed by atoms with Crippen molar-refractivity contribution in [2.75, 3.05) is 0 Å². The van der Waals surface area contributed by atoms with Gasteiger partial charge in [0, 0.05) is 14.0 Å². The fourth-order valence-corrected chi connectivity index (χ4v) is 10.5. The molecule has 6 unspecified atom stereocenters. The minimum Gasteiger partial charge on any atom is -0.481 e. The van der Waals surface area contributed by atoms with E-state index in [-0.39, 0.29) is 11.8 Å². The second-order valence-corrected chi connectivity index (χ2v) is 20.1.